The number of rotatable bonds is 6. The lowest BCUT2D eigenvalue weighted by Gasteiger charge is -2.36. The molecular formula is C20H30N4O4. The minimum atomic E-state index is -1.22. The van der Waals surface area contributed by atoms with Crippen LogP contribution in [-0.2, 0) is 16.1 Å². The molecule has 1 aromatic rings. The van der Waals surface area contributed by atoms with Crippen molar-refractivity contribution in [1.82, 2.24) is 20.4 Å². The number of carbonyl (C=O) groups excluding carboxylic acids is 2. The van der Waals surface area contributed by atoms with Gasteiger partial charge in [-0.3, -0.25) is 14.3 Å². The molecule has 0 saturated heterocycles. The van der Waals surface area contributed by atoms with Crippen LogP contribution in [0.1, 0.15) is 75.1 Å². The molecule has 0 unspecified atom stereocenters. The Morgan fingerprint density at radius 1 is 1.18 bits per heavy atom. The van der Waals surface area contributed by atoms with E-state index in [-0.39, 0.29) is 24.1 Å². The van der Waals surface area contributed by atoms with Crippen LogP contribution < -0.4 is 10.6 Å². The molecular weight excluding hydrogens is 360 g/mol. The van der Waals surface area contributed by atoms with Crippen LogP contribution in [0.15, 0.2) is 12.4 Å². The number of aliphatic carboxylic acids is 1. The molecule has 1 heterocycles. The van der Waals surface area contributed by atoms with Gasteiger partial charge >= 0.3 is 5.97 Å². The van der Waals surface area contributed by atoms with Crippen molar-refractivity contribution in [1.29, 1.82) is 0 Å². The topological polar surface area (TPSA) is 113 Å². The second-order valence-corrected chi connectivity index (χ2v) is 8.35. The van der Waals surface area contributed by atoms with Crippen molar-refractivity contribution in [2.75, 3.05) is 0 Å². The molecule has 0 bridgehead atoms. The Morgan fingerprint density at radius 3 is 2.50 bits per heavy atom. The maximum atomic E-state index is 12.6. The summed E-state index contributed by atoms with van der Waals surface area (Å²) in [5.74, 6) is -1.11. The molecule has 0 spiro atoms. The van der Waals surface area contributed by atoms with E-state index in [4.69, 9.17) is 0 Å². The fraction of sp³-hybridized carbons (Fsp3) is 0.700. The van der Waals surface area contributed by atoms with Gasteiger partial charge in [-0.1, -0.05) is 26.2 Å². The van der Waals surface area contributed by atoms with E-state index in [2.05, 4.69) is 22.7 Å². The SMILES string of the molecule is CC1CCC(NC(=O)c2cnn(CC(=O)NC3CCCCC3)c2)(C(=O)O)CC1. The molecule has 3 rings (SSSR count). The predicted octanol–water partition coefficient (Wildman–Crippen LogP) is 2.10. The first-order valence-electron chi connectivity index (χ1n) is 10.3. The van der Waals surface area contributed by atoms with Gasteiger partial charge in [-0.2, -0.15) is 5.10 Å². The second kappa shape index (κ2) is 8.75. The zero-order valence-corrected chi connectivity index (χ0v) is 16.4. The summed E-state index contributed by atoms with van der Waals surface area (Å²) in [5.41, 5.74) is -0.950. The summed E-state index contributed by atoms with van der Waals surface area (Å²) in [6.07, 6.45) is 10.8. The van der Waals surface area contributed by atoms with Crippen LogP contribution in [0.3, 0.4) is 0 Å². The van der Waals surface area contributed by atoms with Gasteiger partial charge in [0.25, 0.3) is 5.91 Å². The molecule has 8 nitrogen and oxygen atoms in total. The third-order valence-electron chi connectivity index (χ3n) is 6.06. The first kappa shape index (κ1) is 20.4. The lowest BCUT2D eigenvalue weighted by molar-refractivity contribution is -0.146. The van der Waals surface area contributed by atoms with E-state index in [1.54, 1.807) is 0 Å². The van der Waals surface area contributed by atoms with E-state index in [0.717, 1.165) is 38.5 Å². The first-order chi connectivity index (χ1) is 13.4. The Bertz CT molecular complexity index is 716. The quantitative estimate of drug-likeness (QED) is 0.688. The first-order valence-corrected chi connectivity index (χ1v) is 10.3. The van der Waals surface area contributed by atoms with E-state index in [1.807, 2.05) is 0 Å². The van der Waals surface area contributed by atoms with Crippen LogP contribution in [0.5, 0.6) is 0 Å². The van der Waals surface area contributed by atoms with Crippen LogP contribution >= 0.6 is 0 Å². The van der Waals surface area contributed by atoms with E-state index in [0.29, 0.717) is 18.8 Å². The van der Waals surface area contributed by atoms with Crippen molar-refractivity contribution in [2.45, 2.75) is 82.8 Å². The number of carboxylic acid groups (broad SMARTS) is 1. The van der Waals surface area contributed by atoms with E-state index >= 15 is 0 Å². The van der Waals surface area contributed by atoms with Gasteiger partial charge < -0.3 is 15.7 Å². The Labute approximate surface area is 165 Å². The van der Waals surface area contributed by atoms with Crippen LogP contribution in [-0.4, -0.2) is 44.3 Å². The zero-order chi connectivity index (χ0) is 20.1. The summed E-state index contributed by atoms with van der Waals surface area (Å²) in [4.78, 5) is 36.6. The van der Waals surface area contributed by atoms with Gasteiger partial charge in [0.05, 0.1) is 11.8 Å². The van der Waals surface area contributed by atoms with Crippen molar-refractivity contribution in [3.8, 4) is 0 Å². The smallest absolute Gasteiger partial charge is 0.329 e. The van der Waals surface area contributed by atoms with Crippen molar-refractivity contribution >= 4 is 17.8 Å². The molecule has 2 aliphatic carbocycles. The summed E-state index contributed by atoms with van der Waals surface area (Å²) in [6, 6.07) is 0.226. The van der Waals surface area contributed by atoms with E-state index in [1.165, 1.54) is 23.5 Å². The number of carbonyl (C=O) groups is 3. The molecule has 0 atom stereocenters. The van der Waals surface area contributed by atoms with Gasteiger partial charge in [0.1, 0.15) is 12.1 Å². The maximum absolute atomic E-state index is 12.6. The molecule has 28 heavy (non-hydrogen) atoms. The minimum Gasteiger partial charge on any atom is -0.480 e. The average molecular weight is 390 g/mol. The molecule has 2 amide bonds. The Balaban J connectivity index is 1.57. The van der Waals surface area contributed by atoms with Gasteiger partial charge in [-0.05, 0) is 44.4 Å². The van der Waals surface area contributed by atoms with Crippen LogP contribution in [0.25, 0.3) is 0 Å². The normalized spacial score (nSPS) is 25.8. The van der Waals surface area contributed by atoms with E-state index < -0.39 is 17.4 Å². The molecule has 8 heteroatoms. The predicted molar refractivity (Wildman–Crippen MR) is 103 cm³/mol. The summed E-state index contributed by atoms with van der Waals surface area (Å²) in [6.45, 7) is 2.14. The van der Waals surface area contributed by atoms with Crippen molar-refractivity contribution in [3.63, 3.8) is 0 Å². The van der Waals surface area contributed by atoms with Gasteiger partial charge in [0, 0.05) is 12.2 Å². The van der Waals surface area contributed by atoms with Crippen molar-refractivity contribution in [3.05, 3.63) is 18.0 Å². The molecule has 2 fully saturated rings. The maximum Gasteiger partial charge on any atom is 0.329 e. The largest absolute Gasteiger partial charge is 0.480 e. The third-order valence-corrected chi connectivity index (χ3v) is 6.06. The number of amides is 2. The molecule has 3 N–H and O–H groups in total. The van der Waals surface area contributed by atoms with Gasteiger partial charge in [0.2, 0.25) is 5.91 Å². The highest BCUT2D eigenvalue weighted by Gasteiger charge is 2.42. The number of nitrogens with zero attached hydrogens (tertiary/aromatic N) is 2. The fourth-order valence-corrected chi connectivity index (χ4v) is 4.17. The number of hydrogen-bond donors (Lipinski definition) is 3. The molecule has 0 radical (unpaired) electrons. The molecule has 1 aromatic heterocycles. The van der Waals surface area contributed by atoms with E-state index in [9.17, 15) is 19.5 Å². The fourth-order valence-electron chi connectivity index (χ4n) is 4.17. The third kappa shape index (κ3) is 4.91. The molecule has 0 aromatic carbocycles. The van der Waals surface area contributed by atoms with Gasteiger partial charge in [-0.25, -0.2) is 4.79 Å². The average Bonchev–Trinajstić information content (AvgIpc) is 3.13. The van der Waals surface area contributed by atoms with Gasteiger partial charge in [-0.15, -0.1) is 0 Å². The highest BCUT2D eigenvalue weighted by Crippen LogP contribution is 2.32. The Kier molecular flexibility index (Phi) is 6.36. The lowest BCUT2D eigenvalue weighted by Crippen LogP contribution is -2.56. The lowest BCUT2D eigenvalue weighted by atomic mass is 9.77. The summed E-state index contributed by atoms with van der Waals surface area (Å²) < 4.78 is 1.42. The second-order valence-electron chi connectivity index (χ2n) is 8.35. The standard InChI is InChI=1S/C20H30N4O4/c1-14-7-9-20(10-8-14,19(27)28)23-18(26)15-11-21-24(12-15)13-17(25)22-16-5-3-2-4-6-16/h11-12,14,16H,2-10,13H2,1H3,(H,22,25)(H,23,26)(H,27,28). The number of carboxylic acids is 1. The summed E-state index contributed by atoms with van der Waals surface area (Å²) >= 11 is 0. The number of aromatic nitrogens is 2. The highest BCUT2D eigenvalue weighted by molar-refractivity contribution is 5.97. The summed E-state index contributed by atoms with van der Waals surface area (Å²) in [5, 5.41) is 19.5. The monoisotopic (exact) mass is 390 g/mol. The Hall–Kier alpha value is -2.38. The Morgan fingerprint density at radius 2 is 1.86 bits per heavy atom. The minimum absolute atomic E-state index is 0.0470. The van der Waals surface area contributed by atoms with Crippen LogP contribution in [0.2, 0.25) is 0 Å². The molecule has 154 valence electrons. The van der Waals surface area contributed by atoms with Crippen molar-refractivity contribution in [2.24, 2.45) is 5.92 Å². The molecule has 2 aliphatic rings. The van der Waals surface area contributed by atoms with Crippen LogP contribution in [0, 0.1) is 5.92 Å². The van der Waals surface area contributed by atoms with Crippen molar-refractivity contribution < 1.29 is 19.5 Å². The number of hydrogen-bond acceptors (Lipinski definition) is 4. The zero-order valence-electron chi connectivity index (χ0n) is 16.4. The summed E-state index contributed by atoms with van der Waals surface area (Å²) in [7, 11) is 0. The molecule has 2 saturated carbocycles. The highest BCUT2D eigenvalue weighted by atomic mass is 16.4. The number of nitrogens with one attached hydrogen (secondary N) is 2. The molecule has 0 aliphatic heterocycles. The van der Waals surface area contributed by atoms with Crippen LogP contribution in [0.4, 0.5) is 0 Å². The van der Waals surface area contributed by atoms with Gasteiger partial charge in [0.15, 0.2) is 0 Å².